The first-order valence-corrected chi connectivity index (χ1v) is 5.44. The van der Waals surface area contributed by atoms with Crippen molar-refractivity contribution < 1.29 is 0 Å². The van der Waals surface area contributed by atoms with Crippen molar-refractivity contribution in [2.24, 2.45) is 25.7 Å². The number of amidine groups is 1. The molecule has 2 N–H and O–H groups in total. The second-order valence-electron chi connectivity index (χ2n) is 2.92. The lowest BCUT2D eigenvalue weighted by atomic mass is 10.3. The van der Waals surface area contributed by atoms with Gasteiger partial charge in [0.2, 0.25) is 5.96 Å². The Labute approximate surface area is 86.3 Å². The molecule has 0 amide bonds. The van der Waals surface area contributed by atoms with E-state index < -0.39 is 0 Å². The zero-order chi connectivity index (χ0) is 9.97. The number of hydrogen-bond donors (Lipinski definition) is 1. The minimum atomic E-state index is -0.0983. The molecule has 0 bridgehead atoms. The molecule has 0 aromatic heterocycles. The standard InChI is InChI=1S/C8H11N5S/c1-2-3-14-7-5-6(11-4-10-5)12-8(9)13-7/h4-5H,2-3H2,1H3,(H2,9,10,11,12). The Bertz CT molecular complexity index is 355. The molecule has 2 aliphatic heterocycles. The SMILES string of the molecule is CCCSC1=NC(N)=NC2=NC=NC21. The summed E-state index contributed by atoms with van der Waals surface area (Å²) in [4.78, 5) is 16.4. The minimum absolute atomic E-state index is 0.0983. The summed E-state index contributed by atoms with van der Waals surface area (Å²) in [6.45, 7) is 2.13. The first-order valence-electron chi connectivity index (χ1n) is 4.46. The van der Waals surface area contributed by atoms with Crippen LogP contribution in [0.25, 0.3) is 0 Å². The summed E-state index contributed by atoms with van der Waals surface area (Å²) in [5.74, 6) is 1.96. The van der Waals surface area contributed by atoms with Gasteiger partial charge in [-0.2, -0.15) is 4.99 Å². The summed E-state index contributed by atoms with van der Waals surface area (Å²) < 4.78 is 0. The van der Waals surface area contributed by atoms with Crippen LogP contribution in [-0.2, 0) is 0 Å². The fraction of sp³-hybridized carbons (Fsp3) is 0.500. The van der Waals surface area contributed by atoms with E-state index in [9.17, 15) is 0 Å². The van der Waals surface area contributed by atoms with Gasteiger partial charge in [-0.25, -0.2) is 9.98 Å². The molecule has 2 aliphatic rings. The number of guanidine groups is 1. The third kappa shape index (κ3) is 1.70. The molecule has 0 saturated carbocycles. The van der Waals surface area contributed by atoms with Crippen molar-refractivity contribution >= 4 is 34.9 Å². The van der Waals surface area contributed by atoms with Gasteiger partial charge >= 0.3 is 0 Å². The monoisotopic (exact) mass is 209 g/mol. The molecule has 0 aromatic carbocycles. The van der Waals surface area contributed by atoms with E-state index in [-0.39, 0.29) is 12.0 Å². The molecule has 6 heteroatoms. The van der Waals surface area contributed by atoms with Crippen molar-refractivity contribution in [3.05, 3.63) is 0 Å². The van der Waals surface area contributed by atoms with Crippen molar-refractivity contribution in [1.82, 2.24) is 0 Å². The maximum atomic E-state index is 5.57. The Kier molecular flexibility index (Phi) is 2.62. The van der Waals surface area contributed by atoms with Crippen LogP contribution in [0.1, 0.15) is 13.3 Å². The molecular formula is C8H11N5S. The van der Waals surface area contributed by atoms with E-state index in [1.807, 2.05) is 0 Å². The fourth-order valence-corrected chi connectivity index (χ4v) is 2.09. The number of fused-ring (bicyclic) bond motifs is 1. The number of nitrogens with two attached hydrogens (primary N) is 1. The molecule has 74 valence electrons. The first kappa shape index (κ1) is 9.39. The molecule has 0 fully saturated rings. The van der Waals surface area contributed by atoms with E-state index in [0.717, 1.165) is 17.2 Å². The molecule has 1 atom stereocenters. The summed E-state index contributed by atoms with van der Waals surface area (Å²) in [7, 11) is 0. The van der Waals surface area contributed by atoms with Crippen LogP contribution in [-0.4, -0.2) is 35.0 Å². The van der Waals surface area contributed by atoms with Gasteiger partial charge < -0.3 is 5.73 Å². The molecule has 2 rings (SSSR count). The number of thioether (sulfide) groups is 1. The Morgan fingerprint density at radius 3 is 3.14 bits per heavy atom. The van der Waals surface area contributed by atoms with Crippen LogP contribution < -0.4 is 5.73 Å². The average Bonchev–Trinajstić information content (AvgIpc) is 2.61. The second kappa shape index (κ2) is 3.91. The largest absolute Gasteiger partial charge is 0.368 e. The van der Waals surface area contributed by atoms with Crippen LogP contribution in [0, 0.1) is 0 Å². The molecule has 1 unspecified atom stereocenters. The predicted octanol–water partition coefficient (Wildman–Crippen LogP) is 0.665. The van der Waals surface area contributed by atoms with Crippen molar-refractivity contribution in [3.63, 3.8) is 0 Å². The van der Waals surface area contributed by atoms with E-state index in [4.69, 9.17) is 5.73 Å². The molecular weight excluding hydrogens is 198 g/mol. The van der Waals surface area contributed by atoms with Crippen LogP contribution in [0.15, 0.2) is 20.0 Å². The van der Waals surface area contributed by atoms with Gasteiger partial charge in [0.05, 0.1) is 0 Å². The summed E-state index contributed by atoms with van der Waals surface area (Å²) in [5.41, 5.74) is 5.57. The minimum Gasteiger partial charge on any atom is -0.368 e. The van der Waals surface area contributed by atoms with Crippen LogP contribution in [0.2, 0.25) is 0 Å². The van der Waals surface area contributed by atoms with Gasteiger partial charge in [0, 0.05) is 0 Å². The van der Waals surface area contributed by atoms with Crippen molar-refractivity contribution in [3.8, 4) is 0 Å². The quantitative estimate of drug-likeness (QED) is 0.725. The van der Waals surface area contributed by atoms with Gasteiger partial charge in [-0.15, -0.1) is 11.8 Å². The first-order chi connectivity index (χ1) is 6.81. The predicted molar refractivity (Wildman–Crippen MR) is 61.5 cm³/mol. The van der Waals surface area contributed by atoms with Crippen LogP contribution >= 0.6 is 11.8 Å². The molecule has 5 nitrogen and oxygen atoms in total. The van der Waals surface area contributed by atoms with E-state index in [1.54, 1.807) is 11.8 Å². The highest BCUT2D eigenvalue weighted by Crippen LogP contribution is 2.19. The number of hydrogen-bond acceptors (Lipinski definition) is 6. The van der Waals surface area contributed by atoms with Crippen molar-refractivity contribution in [2.75, 3.05) is 5.75 Å². The lowest BCUT2D eigenvalue weighted by Crippen LogP contribution is -2.31. The van der Waals surface area contributed by atoms with Crippen LogP contribution in [0.3, 0.4) is 0 Å². The van der Waals surface area contributed by atoms with Gasteiger partial charge in [0.25, 0.3) is 0 Å². The molecule has 0 spiro atoms. The Morgan fingerprint density at radius 1 is 1.50 bits per heavy atom. The molecule has 0 aliphatic carbocycles. The zero-order valence-electron chi connectivity index (χ0n) is 7.84. The highest BCUT2D eigenvalue weighted by molar-refractivity contribution is 8.14. The molecule has 0 radical (unpaired) electrons. The Hall–Kier alpha value is -1.17. The van der Waals surface area contributed by atoms with Gasteiger partial charge in [0.1, 0.15) is 11.4 Å². The summed E-state index contributed by atoms with van der Waals surface area (Å²) in [6, 6.07) is -0.0983. The zero-order valence-corrected chi connectivity index (χ0v) is 8.66. The fourth-order valence-electron chi connectivity index (χ4n) is 1.19. The summed E-state index contributed by atoms with van der Waals surface area (Å²) in [6.07, 6.45) is 2.62. The Balaban J connectivity index is 2.18. The highest BCUT2D eigenvalue weighted by atomic mass is 32.2. The highest BCUT2D eigenvalue weighted by Gasteiger charge is 2.27. The average molecular weight is 209 g/mol. The van der Waals surface area contributed by atoms with E-state index in [2.05, 4.69) is 26.9 Å². The van der Waals surface area contributed by atoms with Gasteiger partial charge in [-0.3, -0.25) is 4.99 Å². The molecule has 0 aromatic rings. The van der Waals surface area contributed by atoms with Gasteiger partial charge in [-0.1, -0.05) is 6.92 Å². The van der Waals surface area contributed by atoms with E-state index in [0.29, 0.717) is 5.84 Å². The smallest absolute Gasteiger partial charge is 0.222 e. The topological polar surface area (TPSA) is 75.5 Å². The number of rotatable bonds is 2. The molecule has 0 saturated heterocycles. The third-order valence-corrected chi connectivity index (χ3v) is 3.01. The number of nitrogens with zero attached hydrogens (tertiary/aromatic N) is 4. The van der Waals surface area contributed by atoms with Crippen molar-refractivity contribution in [2.45, 2.75) is 19.4 Å². The normalized spacial score (nSPS) is 24.1. The van der Waals surface area contributed by atoms with E-state index in [1.165, 1.54) is 6.34 Å². The van der Waals surface area contributed by atoms with Crippen LogP contribution in [0.4, 0.5) is 0 Å². The third-order valence-electron chi connectivity index (χ3n) is 1.79. The molecule has 14 heavy (non-hydrogen) atoms. The second-order valence-corrected chi connectivity index (χ2v) is 4.04. The molecule has 2 heterocycles. The number of aliphatic imine (C=N–C) groups is 4. The van der Waals surface area contributed by atoms with Gasteiger partial charge in [0.15, 0.2) is 11.9 Å². The maximum absolute atomic E-state index is 5.57. The Morgan fingerprint density at radius 2 is 2.36 bits per heavy atom. The summed E-state index contributed by atoms with van der Waals surface area (Å²) >= 11 is 1.67. The lowest BCUT2D eigenvalue weighted by molar-refractivity contribution is 1.10. The lowest BCUT2D eigenvalue weighted by Gasteiger charge is -2.14. The van der Waals surface area contributed by atoms with Gasteiger partial charge in [-0.05, 0) is 12.2 Å². The van der Waals surface area contributed by atoms with E-state index >= 15 is 0 Å². The van der Waals surface area contributed by atoms with Crippen molar-refractivity contribution in [1.29, 1.82) is 0 Å². The maximum Gasteiger partial charge on any atom is 0.222 e. The summed E-state index contributed by atoms with van der Waals surface area (Å²) in [5, 5.41) is 0.909. The van der Waals surface area contributed by atoms with Crippen LogP contribution in [0.5, 0.6) is 0 Å².